The summed E-state index contributed by atoms with van der Waals surface area (Å²) in [7, 11) is 0. The van der Waals surface area contributed by atoms with Gasteiger partial charge in [-0.1, -0.05) is 24.7 Å². The smallest absolute Gasteiger partial charge is 0.304 e. The second-order valence-corrected chi connectivity index (χ2v) is 5.98. The number of aromatic amines is 1. The van der Waals surface area contributed by atoms with Gasteiger partial charge in [-0.05, 0) is 32.4 Å². The van der Waals surface area contributed by atoms with Crippen LogP contribution in [0.3, 0.4) is 0 Å². The van der Waals surface area contributed by atoms with Crippen molar-refractivity contribution in [3.05, 3.63) is 20.7 Å². The van der Waals surface area contributed by atoms with Gasteiger partial charge in [-0.2, -0.15) is 0 Å². The van der Waals surface area contributed by atoms with Gasteiger partial charge in [-0.3, -0.25) is 9.59 Å². The maximum Gasteiger partial charge on any atom is 0.304 e. The number of rotatable bonds is 5. The molecule has 0 spiro atoms. The number of hydrogen-bond donors (Lipinski definition) is 3. The Balaban J connectivity index is 1.97. The van der Waals surface area contributed by atoms with Crippen LogP contribution in [0.25, 0.3) is 0 Å². The Kier molecular flexibility index (Phi) is 4.76. The summed E-state index contributed by atoms with van der Waals surface area (Å²) in [6.45, 7) is 4.34. The molecule has 1 amide bonds. The van der Waals surface area contributed by atoms with Crippen LogP contribution in [0.4, 0.5) is 0 Å². The minimum absolute atomic E-state index is 0.0746. The average Bonchev–Trinajstić information content (AvgIpc) is 2.83. The van der Waals surface area contributed by atoms with Crippen molar-refractivity contribution < 1.29 is 4.79 Å². The number of aromatic nitrogens is 1. The fraction of sp³-hybridized carbons (Fsp3) is 0.692. The van der Waals surface area contributed by atoms with Crippen molar-refractivity contribution >= 4 is 17.2 Å². The predicted octanol–water partition coefficient (Wildman–Crippen LogP) is 1.22. The summed E-state index contributed by atoms with van der Waals surface area (Å²) in [5.41, 5.74) is 0.556. The molecule has 1 fully saturated rings. The topological polar surface area (TPSA) is 74.0 Å². The SMILES string of the molecule is CCCC1(C(=O)NCc2csc(=O)[nH]2)CCNCC1. The number of H-pyrrole nitrogens is 1. The lowest BCUT2D eigenvalue weighted by Gasteiger charge is -2.36. The predicted molar refractivity (Wildman–Crippen MR) is 76.2 cm³/mol. The van der Waals surface area contributed by atoms with Crippen molar-refractivity contribution in [2.75, 3.05) is 13.1 Å². The quantitative estimate of drug-likeness (QED) is 0.761. The van der Waals surface area contributed by atoms with Gasteiger partial charge in [0.05, 0.1) is 12.0 Å². The lowest BCUT2D eigenvalue weighted by Crippen LogP contribution is -2.47. The first-order valence-corrected chi connectivity index (χ1v) is 7.70. The molecule has 5 nitrogen and oxygen atoms in total. The first kappa shape index (κ1) is 14.3. The summed E-state index contributed by atoms with van der Waals surface area (Å²) < 4.78 is 0. The molecule has 0 radical (unpaired) electrons. The molecule has 1 aromatic rings. The van der Waals surface area contributed by atoms with Crippen molar-refractivity contribution in [1.29, 1.82) is 0 Å². The van der Waals surface area contributed by atoms with E-state index in [-0.39, 0.29) is 16.2 Å². The molecule has 0 bridgehead atoms. The van der Waals surface area contributed by atoms with E-state index in [1.54, 1.807) is 5.38 Å². The van der Waals surface area contributed by atoms with E-state index in [4.69, 9.17) is 0 Å². The highest BCUT2D eigenvalue weighted by molar-refractivity contribution is 7.07. The van der Waals surface area contributed by atoms with Crippen LogP contribution in [0.15, 0.2) is 10.2 Å². The molecular formula is C13H21N3O2S. The molecule has 0 saturated carbocycles. The Labute approximate surface area is 116 Å². The first-order valence-electron chi connectivity index (χ1n) is 6.82. The summed E-state index contributed by atoms with van der Waals surface area (Å²) in [6.07, 6.45) is 3.74. The van der Waals surface area contributed by atoms with Crippen molar-refractivity contribution in [2.45, 2.75) is 39.2 Å². The van der Waals surface area contributed by atoms with Gasteiger partial charge in [-0.25, -0.2) is 0 Å². The van der Waals surface area contributed by atoms with E-state index in [2.05, 4.69) is 22.5 Å². The summed E-state index contributed by atoms with van der Waals surface area (Å²) in [6, 6.07) is 0. The number of carbonyl (C=O) groups is 1. The third-order valence-corrected chi connectivity index (χ3v) is 4.50. The zero-order valence-electron chi connectivity index (χ0n) is 11.3. The fourth-order valence-corrected chi connectivity index (χ4v) is 3.32. The van der Waals surface area contributed by atoms with Gasteiger partial charge in [0.1, 0.15) is 0 Å². The zero-order chi connectivity index (χ0) is 13.7. The molecule has 2 rings (SSSR count). The Morgan fingerprint density at radius 1 is 1.47 bits per heavy atom. The molecule has 1 aromatic heterocycles. The largest absolute Gasteiger partial charge is 0.350 e. The lowest BCUT2D eigenvalue weighted by atomic mass is 9.74. The third-order valence-electron chi connectivity index (χ3n) is 3.78. The van der Waals surface area contributed by atoms with Crippen LogP contribution < -0.4 is 15.5 Å². The highest BCUT2D eigenvalue weighted by Gasteiger charge is 2.38. The van der Waals surface area contributed by atoms with E-state index >= 15 is 0 Å². The van der Waals surface area contributed by atoms with Crippen LogP contribution >= 0.6 is 11.3 Å². The van der Waals surface area contributed by atoms with Crippen LogP contribution in [0, 0.1) is 5.41 Å². The highest BCUT2D eigenvalue weighted by Crippen LogP contribution is 2.34. The second kappa shape index (κ2) is 6.34. The summed E-state index contributed by atoms with van der Waals surface area (Å²) in [4.78, 5) is 26.1. The van der Waals surface area contributed by atoms with Crippen molar-refractivity contribution in [3.8, 4) is 0 Å². The average molecular weight is 283 g/mol. The number of amides is 1. The van der Waals surface area contributed by atoms with Gasteiger partial charge in [0.2, 0.25) is 5.91 Å². The maximum absolute atomic E-state index is 12.5. The first-order chi connectivity index (χ1) is 9.16. The number of nitrogens with one attached hydrogen (secondary N) is 3. The molecular weight excluding hydrogens is 262 g/mol. The van der Waals surface area contributed by atoms with Crippen LogP contribution in [-0.2, 0) is 11.3 Å². The van der Waals surface area contributed by atoms with E-state index < -0.39 is 0 Å². The molecule has 1 saturated heterocycles. The van der Waals surface area contributed by atoms with E-state index in [0.29, 0.717) is 6.54 Å². The molecule has 0 aliphatic carbocycles. The number of hydrogen-bond acceptors (Lipinski definition) is 4. The van der Waals surface area contributed by atoms with Crippen LogP contribution in [0.5, 0.6) is 0 Å². The van der Waals surface area contributed by atoms with Crippen molar-refractivity contribution in [3.63, 3.8) is 0 Å². The van der Waals surface area contributed by atoms with Gasteiger partial charge >= 0.3 is 4.87 Å². The number of piperidine rings is 1. The van der Waals surface area contributed by atoms with Crippen LogP contribution in [0.2, 0.25) is 0 Å². The van der Waals surface area contributed by atoms with E-state index in [0.717, 1.165) is 55.8 Å². The summed E-state index contributed by atoms with van der Waals surface area (Å²) >= 11 is 1.13. The molecule has 6 heteroatoms. The molecule has 0 atom stereocenters. The Bertz CT molecular complexity index is 469. The maximum atomic E-state index is 12.5. The number of carbonyl (C=O) groups excluding carboxylic acids is 1. The Morgan fingerprint density at radius 2 is 2.21 bits per heavy atom. The minimum Gasteiger partial charge on any atom is -0.350 e. The third kappa shape index (κ3) is 3.45. The monoisotopic (exact) mass is 283 g/mol. The van der Waals surface area contributed by atoms with Crippen molar-refractivity contribution in [2.24, 2.45) is 5.41 Å². The Hall–Kier alpha value is -1.14. The van der Waals surface area contributed by atoms with E-state index in [1.807, 2.05) is 0 Å². The molecule has 0 aromatic carbocycles. The number of thiazole rings is 1. The molecule has 2 heterocycles. The summed E-state index contributed by atoms with van der Waals surface area (Å²) in [5.74, 6) is 0.128. The van der Waals surface area contributed by atoms with Crippen LogP contribution in [0.1, 0.15) is 38.3 Å². The lowest BCUT2D eigenvalue weighted by molar-refractivity contribution is -0.133. The zero-order valence-corrected chi connectivity index (χ0v) is 12.1. The van der Waals surface area contributed by atoms with Gasteiger partial charge in [0.25, 0.3) is 0 Å². The van der Waals surface area contributed by atoms with Gasteiger partial charge in [-0.15, -0.1) is 0 Å². The molecule has 1 aliphatic rings. The van der Waals surface area contributed by atoms with E-state index in [9.17, 15) is 9.59 Å². The Morgan fingerprint density at radius 3 is 2.79 bits per heavy atom. The van der Waals surface area contributed by atoms with Crippen molar-refractivity contribution in [1.82, 2.24) is 15.6 Å². The van der Waals surface area contributed by atoms with Gasteiger partial charge in [0, 0.05) is 11.1 Å². The van der Waals surface area contributed by atoms with Gasteiger partial charge < -0.3 is 15.6 Å². The molecule has 19 heavy (non-hydrogen) atoms. The fourth-order valence-electron chi connectivity index (χ4n) is 2.74. The highest BCUT2D eigenvalue weighted by atomic mass is 32.1. The van der Waals surface area contributed by atoms with Crippen LogP contribution in [-0.4, -0.2) is 24.0 Å². The molecule has 0 unspecified atom stereocenters. The normalized spacial score (nSPS) is 18.2. The molecule has 1 aliphatic heterocycles. The van der Waals surface area contributed by atoms with Gasteiger partial charge in [0.15, 0.2) is 0 Å². The summed E-state index contributed by atoms with van der Waals surface area (Å²) in [5, 5.41) is 8.04. The second-order valence-electron chi connectivity index (χ2n) is 5.14. The molecule has 3 N–H and O–H groups in total. The minimum atomic E-state index is -0.226. The molecule has 106 valence electrons. The standard InChI is InChI=1S/C13H21N3O2S/c1-2-3-13(4-6-14-7-5-13)11(17)15-8-10-9-19-12(18)16-10/h9,14H,2-8H2,1H3,(H,15,17)(H,16,18). The van der Waals surface area contributed by atoms with E-state index in [1.165, 1.54) is 0 Å².